The molecule has 0 saturated carbocycles. The topological polar surface area (TPSA) is 73.7 Å². The van der Waals surface area contributed by atoms with Crippen molar-refractivity contribution in [1.82, 2.24) is 9.88 Å². The maximum Gasteiger partial charge on any atom is 0.313 e. The highest BCUT2D eigenvalue weighted by Crippen LogP contribution is 2.36. The lowest BCUT2D eigenvalue weighted by molar-refractivity contribution is -0.164. The van der Waals surface area contributed by atoms with Gasteiger partial charge in [-0.15, -0.1) is 11.3 Å². The van der Waals surface area contributed by atoms with Gasteiger partial charge in [-0.1, -0.05) is 30.3 Å². The number of aliphatic carboxylic acids is 1. The number of carbonyl (C=O) groups is 1. The number of likely N-dealkylation sites (tertiary alicyclic amines) is 1. The average Bonchev–Trinajstić information content (AvgIpc) is 3.11. The highest BCUT2D eigenvalue weighted by atomic mass is 32.1. The number of aryl methyl sites for hydroxylation is 1. The fraction of sp³-hybridized carbons (Fsp3) is 0.474. The van der Waals surface area contributed by atoms with Crippen molar-refractivity contribution in [1.29, 1.82) is 0 Å². The van der Waals surface area contributed by atoms with Gasteiger partial charge in [0.2, 0.25) is 0 Å². The van der Waals surface area contributed by atoms with E-state index in [0.717, 1.165) is 17.7 Å². The Morgan fingerprint density at radius 1 is 1.36 bits per heavy atom. The Morgan fingerprint density at radius 3 is 2.84 bits per heavy atom. The van der Waals surface area contributed by atoms with Crippen molar-refractivity contribution < 1.29 is 15.0 Å². The van der Waals surface area contributed by atoms with Crippen LogP contribution in [0.4, 0.5) is 0 Å². The molecular formula is C19H24N2O3S. The zero-order valence-corrected chi connectivity index (χ0v) is 15.0. The maximum absolute atomic E-state index is 12.1. The van der Waals surface area contributed by atoms with Crippen LogP contribution in [0.3, 0.4) is 0 Å². The molecule has 1 aliphatic heterocycles. The number of rotatable bonds is 7. The Morgan fingerprint density at radius 2 is 2.16 bits per heavy atom. The molecule has 1 aromatic carbocycles. The molecule has 2 aromatic rings. The molecule has 0 radical (unpaired) electrons. The van der Waals surface area contributed by atoms with Gasteiger partial charge in [-0.2, -0.15) is 0 Å². The van der Waals surface area contributed by atoms with Crippen LogP contribution in [-0.2, 0) is 17.8 Å². The number of hydrogen-bond acceptors (Lipinski definition) is 5. The first kappa shape index (κ1) is 18.0. The minimum Gasteiger partial charge on any atom is -0.481 e. The number of piperidine rings is 1. The summed E-state index contributed by atoms with van der Waals surface area (Å²) in [4.78, 5) is 19.4. The van der Waals surface area contributed by atoms with E-state index in [9.17, 15) is 15.0 Å². The van der Waals surface area contributed by atoms with Gasteiger partial charge in [0.05, 0.1) is 11.6 Å². The minimum absolute atomic E-state index is 0.385. The Kier molecular flexibility index (Phi) is 5.83. The number of carboxylic acid groups (broad SMARTS) is 1. The van der Waals surface area contributed by atoms with E-state index in [4.69, 9.17) is 0 Å². The Balaban J connectivity index is 1.66. The molecule has 1 aromatic heterocycles. The van der Waals surface area contributed by atoms with Crippen LogP contribution in [0.15, 0.2) is 42.0 Å². The minimum atomic E-state index is -1.09. The molecule has 2 N–H and O–H groups in total. The van der Waals surface area contributed by atoms with Crippen LogP contribution in [0, 0.1) is 5.41 Å². The summed E-state index contributed by atoms with van der Waals surface area (Å²) in [6.45, 7) is 1.80. The van der Waals surface area contributed by atoms with Crippen LogP contribution in [0.5, 0.6) is 0 Å². The zero-order valence-electron chi connectivity index (χ0n) is 14.2. The first-order valence-corrected chi connectivity index (χ1v) is 9.53. The fourth-order valence-corrected chi connectivity index (χ4v) is 4.29. The van der Waals surface area contributed by atoms with Crippen molar-refractivity contribution in [3.63, 3.8) is 0 Å². The molecule has 1 aliphatic rings. The smallest absolute Gasteiger partial charge is 0.313 e. The molecule has 1 saturated heterocycles. The molecule has 3 rings (SSSR count). The molecule has 0 spiro atoms. The third kappa shape index (κ3) is 4.26. The molecule has 0 aliphatic carbocycles. The first-order valence-electron chi connectivity index (χ1n) is 8.65. The molecule has 25 heavy (non-hydrogen) atoms. The Hall–Kier alpha value is -1.76. The van der Waals surface area contributed by atoms with Gasteiger partial charge in [-0.05, 0) is 31.2 Å². The number of aromatic nitrogens is 1. The van der Waals surface area contributed by atoms with E-state index in [1.54, 1.807) is 16.8 Å². The van der Waals surface area contributed by atoms with Crippen LogP contribution in [0.2, 0.25) is 0 Å². The van der Waals surface area contributed by atoms with Crippen molar-refractivity contribution in [2.24, 2.45) is 5.41 Å². The average molecular weight is 360 g/mol. The number of carboxylic acids is 1. The molecule has 5 nitrogen and oxygen atoms in total. The van der Waals surface area contributed by atoms with Gasteiger partial charge < -0.3 is 10.2 Å². The largest absolute Gasteiger partial charge is 0.481 e. The van der Waals surface area contributed by atoms with Crippen LogP contribution >= 0.6 is 11.3 Å². The van der Waals surface area contributed by atoms with E-state index < -0.39 is 17.5 Å². The molecular weight excluding hydrogens is 336 g/mol. The Labute approximate surface area is 152 Å². The van der Waals surface area contributed by atoms with Gasteiger partial charge in [-0.3, -0.25) is 14.7 Å². The maximum atomic E-state index is 12.1. The Bertz CT molecular complexity index is 677. The van der Waals surface area contributed by atoms with Crippen molar-refractivity contribution >= 4 is 17.3 Å². The second-order valence-corrected chi connectivity index (χ2v) is 7.75. The summed E-state index contributed by atoms with van der Waals surface area (Å²) in [5, 5.41) is 20.4. The normalized spacial score (nSPS) is 24.3. The number of thiazole rings is 1. The summed E-state index contributed by atoms with van der Waals surface area (Å²) >= 11 is 1.58. The molecule has 1 fully saturated rings. The molecule has 0 amide bonds. The van der Waals surface area contributed by atoms with Crippen LogP contribution in [0.25, 0.3) is 0 Å². The fourth-order valence-electron chi connectivity index (χ4n) is 3.66. The summed E-state index contributed by atoms with van der Waals surface area (Å²) in [7, 11) is 0. The lowest BCUT2D eigenvalue weighted by Gasteiger charge is -2.43. The number of aliphatic hydroxyl groups excluding tert-OH is 1. The summed E-state index contributed by atoms with van der Waals surface area (Å²) < 4.78 is 0. The zero-order chi connectivity index (χ0) is 17.7. The van der Waals surface area contributed by atoms with E-state index in [2.05, 4.69) is 22.0 Å². The lowest BCUT2D eigenvalue weighted by atomic mass is 9.73. The monoisotopic (exact) mass is 360 g/mol. The number of benzene rings is 1. The molecule has 2 atom stereocenters. The molecule has 2 heterocycles. The number of hydrogen-bond donors (Lipinski definition) is 2. The summed E-state index contributed by atoms with van der Waals surface area (Å²) in [5.41, 5.74) is 1.91. The van der Waals surface area contributed by atoms with Crippen LogP contribution in [0.1, 0.15) is 29.7 Å². The van der Waals surface area contributed by atoms with E-state index >= 15 is 0 Å². The predicted molar refractivity (Wildman–Crippen MR) is 97.5 cm³/mol. The van der Waals surface area contributed by atoms with Gasteiger partial charge in [0.25, 0.3) is 0 Å². The van der Waals surface area contributed by atoms with Gasteiger partial charge in [0, 0.05) is 30.7 Å². The third-order valence-corrected chi connectivity index (χ3v) is 5.85. The SMILES string of the molecule is O=C(O)[C@]1(CCCc2ccccc2)CN(Cc2cncs2)CC[C@H]1O. The van der Waals surface area contributed by atoms with Crippen molar-refractivity contribution in [3.05, 3.63) is 52.5 Å². The van der Waals surface area contributed by atoms with Gasteiger partial charge in [0.1, 0.15) is 5.41 Å². The summed E-state index contributed by atoms with van der Waals surface area (Å²) in [5.74, 6) is -0.887. The molecule has 0 unspecified atom stereocenters. The molecule has 6 heteroatoms. The quantitative estimate of drug-likeness (QED) is 0.794. The standard InChI is InChI=1S/C19H24N2O3S/c22-17-8-10-21(12-16-11-20-14-25-16)13-19(17,18(23)24)9-4-7-15-5-2-1-3-6-15/h1-3,5-6,11,14,17,22H,4,7-10,12-13H2,(H,23,24)/t17-,19-/m1/s1. The van der Waals surface area contributed by atoms with Gasteiger partial charge in [-0.25, -0.2) is 0 Å². The second-order valence-electron chi connectivity index (χ2n) is 6.78. The first-order chi connectivity index (χ1) is 12.1. The van der Waals surface area contributed by atoms with E-state index in [1.807, 2.05) is 24.4 Å². The van der Waals surface area contributed by atoms with E-state index in [0.29, 0.717) is 32.5 Å². The van der Waals surface area contributed by atoms with Gasteiger partial charge >= 0.3 is 5.97 Å². The van der Waals surface area contributed by atoms with Crippen molar-refractivity contribution in [2.45, 2.75) is 38.3 Å². The molecule has 134 valence electrons. The highest BCUT2D eigenvalue weighted by Gasteiger charge is 2.48. The van der Waals surface area contributed by atoms with Crippen molar-refractivity contribution in [2.75, 3.05) is 13.1 Å². The lowest BCUT2D eigenvalue weighted by Crippen LogP contribution is -2.55. The van der Waals surface area contributed by atoms with Gasteiger partial charge in [0.15, 0.2) is 0 Å². The molecule has 0 bridgehead atoms. The predicted octanol–water partition coefficient (Wildman–Crippen LogP) is 2.80. The van der Waals surface area contributed by atoms with Crippen LogP contribution < -0.4 is 0 Å². The van der Waals surface area contributed by atoms with E-state index in [-0.39, 0.29) is 0 Å². The highest BCUT2D eigenvalue weighted by molar-refractivity contribution is 7.09. The third-order valence-electron chi connectivity index (χ3n) is 5.08. The van der Waals surface area contributed by atoms with E-state index in [1.165, 1.54) is 5.56 Å². The summed E-state index contributed by atoms with van der Waals surface area (Å²) in [6.07, 6.45) is 3.60. The van der Waals surface area contributed by atoms with Crippen LogP contribution in [-0.4, -0.2) is 45.3 Å². The number of nitrogens with zero attached hydrogens (tertiary/aromatic N) is 2. The van der Waals surface area contributed by atoms with Crippen molar-refractivity contribution in [3.8, 4) is 0 Å². The summed E-state index contributed by atoms with van der Waals surface area (Å²) in [6, 6.07) is 10.1. The second kappa shape index (κ2) is 8.08. The number of aliphatic hydroxyl groups is 1.